The van der Waals surface area contributed by atoms with Crippen molar-refractivity contribution in [2.24, 2.45) is 0 Å². The molecule has 38 heavy (non-hydrogen) atoms. The molecule has 0 bridgehead atoms. The van der Waals surface area contributed by atoms with Gasteiger partial charge in [0.1, 0.15) is 0 Å². The number of benzene rings is 2. The maximum Gasteiger partial charge on any atom is 0.416 e. The second kappa shape index (κ2) is 11.6. The monoisotopic (exact) mass is 563 g/mol. The molecule has 1 aliphatic heterocycles. The highest BCUT2D eigenvalue weighted by atomic mass is 35.5. The molecule has 0 radical (unpaired) electrons. The van der Waals surface area contributed by atoms with E-state index in [0.29, 0.717) is 17.2 Å². The van der Waals surface area contributed by atoms with E-state index in [9.17, 15) is 40.7 Å². The number of piperidine rings is 1. The van der Waals surface area contributed by atoms with Gasteiger partial charge >= 0.3 is 12.4 Å². The van der Waals surface area contributed by atoms with Crippen LogP contribution in [0.1, 0.15) is 46.8 Å². The fourth-order valence-corrected chi connectivity index (χ4v) is 4.39. The molecule has 3 amide bonds. The van der Waals surface area contributed by atoms with Crippen molar-refractivity contribution in [1.29, 1.82) is 0 Å². The van der Waals surface area contributed by atoms with Crippen LogP contribution in [0.25, 0.3) is 0 Å². The maximum absolute atomic E-state index is 13.4. The summed E-state index contributed by atoms with van der Waals surface area (Å²) in [4.78, 5) is 37.8. The van der Waals surface area contributed by atoms with Gasteiger partial charge in [0.05, 0.1) is 17.7 Å². The van der Waals surface area contributed by atoms with Gasteiger partial charge in [0.25, 0.3) is 5.91 Å². The Morgan fingerprint density at radius 3 is 2.08 bits per heavy atom. The molecule has 13 heteroatoms. The van der Waals surface area contributed by atoms with E-state index in [1.54, 1.807) is 24.3 Å². The van der Waals surface area contributed by atoms with Gasteiger partial charge in [-0.15, -0.1) is 0 Å². The second-order valence-electron chi connectivity index (χ2n) is 8.98. The van der Waals surface area contributed by atoms with Gasteiger partial charge in [0.15, 0.2) is 0 Å². The predicted octanol–water partition coefficient (Wildman–Crippen LogP) is 4.85. The molecule has 0 aromatic heterocycles. The zero-order valence-electron chi connectivity index (χ0n) is 20.0. The largest absolute Gasteiger partial charge is 0.416 e. The third-order valence-electron chi connectivity index (χ3n) is 6.06. The number of alkyl halides is 6. The van der Waals surface area contributed by atoms with Gasteiger partial charge in [-0.2, -0.15) is 26.3 Å². The van der Waals surface area contributed by atoms with E-state index in [2.05, 4.69) is 10.6 Å². The minimum absolute atomic E-state index is 0.0280. The second-order valence-corrected chi connectivity index (χ2v) is 9.41. The van der Waals surface area contributed by atoms with Crippen LogP contribution in [0.4, 0.5) is 26.3 Å². The van der Waals surface area contributed by atoms with Crippen molar-refractivity contribution < 1.29 is 40.7 Å². The molecule has 6 nitrogen and oxygen atoms in total. The smallest absolute Gasteiger partial charge is 0.352 e. The molecule has 0 aliphatic carbocycles. The van der Waals surface area contributed by atoms with Crippen LogP contribution in [-0.4, -0.2) is 47.8 Å². The Morgan fingerprint density at radius 1 is 0.974 bits per heavy atom. The van der Waals surface area contributed by atoms with Gasteiger partial charge in [0.2, 0.25) is 11.8 Å². The Morgan fingerprint density at radius 2 is 1.55 bits per heavy atom. The van der Waals surface area contributed by atoms with Crippen molar-refractivity contribution >= 4 is 29.3 Å². The molecule has 2 atom stereocenters. The quantitative estimate of drug-likeness (QED) is 0.494. The number of hydrogen-bond donors (Lipinski definition) is 2. The highest BCUT2D eigenvalue weighted by Crippen LogP contribution is 2.37. The first-order valence-electron chi connectivity index (χ1n) is 11.5. The maximum atomic E-state index is 13.4. The van der Waals surface area contributed by atoms with Crippen LogP contribution in [0.15, 0.2) is 42.5 Å². The lowest BCUT2D eigenvalue weighted by Gasteiger charge is -2.40. The normalized spacial score (nSPS) is 18.2. The third-order valence-corrected chi connectivity index (χ3v) is 6.31. The van der Waals surface area contributed by atoms with E-state index in [0.717, 1.165) is 5.56 Å². The molecule has 3 rings (SSSR count). The molecular weight excluding hydrogens is 540 g/mol. The summed E-state index contributed by atoms with van der Waals surface area (Å²) in [6.07, 6.45) is -9.58. The van der Waals surface area contributed by atoms with Gasteiger partial charge in [-0.05, 0) is 55.2 Å². The number of rotatable bonds is 6. The Hall–Kier alpha value is -3.28. The summed E-state index contributed by atoms with van der Waals surface area (Å²) >= 11 is 5.92. The van der Waals surface area contributed by atoms with Gasteiger partial charge in [-0.25, -0.2) is 0 Å². The third kappa shape index (κ3) is 7.86. The Labute approximate surface area is 219 Å². The summed E-state index contributed by atoms with van der Waals surface area (Å²) in [6.45, 7) is 0.956. The molecule has 206 valence electrons. The average Bonchev–Trinajstić information content (AvgIpc) is 2.82. The standard InChI is InChI=1S/C25H24ClF6N3O3/c1-14(36)33-13-22(37)34-20-6-7-35(21(12-20)8-15-2-4-19(26)5-3-15)23(38)16-9-17(24(27,28)29)11-18(10-16)25(30,31)32/h2-5,9-11,20-21H,6-8,12-13H2,1H3,(H,33,36)(H,34,37). The summed E-state index contributed by atoms with van der Waals surface area (Å²) in [6, 6.07) is 6.31. The molecule has 2 aromatic carbocycles. The van der Waals surface area contributed by atoms with Crippen LogP contribution in [-0.2, 0) is 28.4 Å². The SMILES string of the molecule is CC(=O)NCC(=O)NC1CCN(C(=O)c2cc(C(F)(F)F)cc(C(F)(F)F)c2)C(Cc2ccc(Cl)cc2)C1. The number of nitrogens with zero attached hydrogens (tertiary/aromatic N) is 1. The van der Waals surface area contributed by atoms with Gasteiger partial charge in [0, 0.05) is 36.1 Å². The first-order chi connectivity index (χ1) is 17.6. The topological polar surface area (TPSA) is 78.5 Å². The molecule has 1 saturated heterocycles. The zero-order chi connectivity index (χ0) is 28.3. The lowest BCUT2D eigenvalue weighted by atomic mass is 9.91. The number of nitrogens with one attached hydrogen (secondary N) is 2. The van der Waals surface area contributed by atoms with E-state index in [1.165, 1.54) is 11.8 Å². The minimum Gasteiger partial charge on any atom is -0.352 e. The number of amides is 3. The first kappa shape index (κ1) is 29.3. The van der Waals surface area contributed by atoms with Crippen LogP contribution >= 0.6 is 11.6 Å². The molecule has 1 aliphatic rings. The van der Waals surface area contributed by atoms with Gasteiger partial charge in [-0.3, -0.25) is 14.4 Å². The van der Waals surface area contributed by atoms with E-state index in [1.807, 2.05) is 0 Å². The minimum atomic E-state index is -5.09. The number of hydrogen-bond acceptors (Lipinski definition) is 3. The Bertz CT molecular complexity index is 1150. The molecule has 2 unspecified atom stereocenters. The predicted molar refractivity (Wildman–Crippen MR) is 126 cm³/mol. The number of carbonyl (C=O) groups is 3. The number of halogens is 7. The average molecular weight is 564 g/mol. The van der Waals surface area contributed by atoms with Crippen molar-refractivity contribution in [2.75, 3.05) is 13.1 Å². The fraction of sp³-hybridized carbons (Fsp3) is 0.400. The van der Waals surface area contributed by atoms with E-state index in [-0.39, 0.29) is 38.4 Å². The first-order valence-corrected chi connectivity index (χ1v) is 11.9. The van der Waals surface area contributed by atoms with Crippen LogP contribution < -0.4 is 10.6 Å². The van der Waals surface area contributed by atoms with Crippen molar-refractivity contribution in [3.8, 4) is 0 Å². The molecule has 2 N–H and O–H groups in total. The molecular formula is C25H24ClF6N3O3. The van der Waals surface area contributed by atoms with Gasteiger partial charge < -0.3 is 15.5 Å². The number of likely N-dealkylation sites (tertiary alicyclic amines) is 1. The fourth-order valence-electron chi connectivity index (χ4n) is 4.26. The van der Waals surface area contributed by atoms with E-state index < -0.39 is 58.8 Å². The van der Waals surface area contributed by atoms with Crippen molar-refractivity contribution in [3.63, 3.8) is 0 Å². The zero-order valence-corrected chi connectivity index (χ0v) is 20.8. The lowest BCUT2D eigenvalue weighted by molar-refractivity contribution is -0.143. The van der Waals surface area contributed by atoms with Crippen LogP contribution in [0.2, 0.25) is 5.02 Å². The Balaban J connectivity index is 1.90. The van der Waals surface area contributed by atoms with Crippen molar-refractivity contribution in [1.82, 2.24) is 15.5 Å². The summed E-state index contributed by atoms with van der Waals surface area (Å²) in [5, 5.41) is 5.56. The molecule has 0 spiro atoms. The summed E-state index contributed by atoms with van der Waals surface area (Å²) in [5.74, 6) is -1.85. The Kier molecular flexibility index (Phi) is 8.96. The highest BCUT2D eigenvalue weighted by Gasteiger charge is 2.39. The van der Waals surface area contributed by atoms with Crippen molar-refractivity contribution in [2.45, 2.75) is 50.6 Å². The van der Waals surface area contributed by atoms with Crippen LogP contribution in [0.3, 0.4) is 0 Å². The van der Waals surface area contributed by atoms with E-state index >= 15 is 0 Å². The van der Waals surface area contributed by atoms with Crippen LogP contribution in [0.5, 0.6) is 0 Å². The van der Waals surface area contributed by atoms with Gasteiger partial charge in [-0.1, -0.05) is 23.7 Å². The highest BCUT2D eigenvalue weighted by molar-refractivity contribution is 6.30. The molecule has 2 aromatic rings. The van der Waals surface area contributed by atoms with Crippen LogP contribution in [0, 0.1) is 0 Å². The lowest BCUT2D eigenvalue weighted by Crippen LogP contribution is -2.53. The molecule has 0 saturated carbocycles. The van der Waals surface area contributed by atoms with E-state index in [4.69, 9.17) is 11.6 Å². The summed E-state index contributed by atoms with van der Waals surface area (Å²) in [5.41, 5.74) is -3.17. The van der Waals surface area contributed by atoms with Crippen molar-refractivity contribution in [3.05, 3.63) is 69.7 Å². The summed E-state index contributed by atoms with van der Waals surface area (Å²) < 4.78 is 80.1. The number of carbonyl (C=O) groups excluding carboxylic acids is 3. The summed E-state index contributed by atoms with van der Waals surface area (Å²) in [7, 11) is 0. The molecule has 1 heterocycles. The molecule has 1 fully saturated rings.